The van der Waals surface area contributed by atoms with Crippen LogP contribution in [0.25, 0.3) is 0 Å². The number of aromatic nitrogens is 1. The Balaban J connectivity index is 0.00000210. The number of rotatable bonds is 6. The molecule has 29 heavy (non-hydrogen) atoms. The molecule has 1 aliphatic rings. The lowest BCUT2D eigenvalue weighted by molar-refractivity contribution is -0.130. The van der Waals surface area contributed by atoms with Crippen molar-refractivity contribution in [3.8, 4) is 0 Å². The summed E-state index contributed by atoms with van der Waals surface area (Å²) in [6.45, 7) is 1.97. The number of ether oxygens (including phenoxy) is 1. The third-order valence-electron chi connectivity index (χ3n) is 4.76. The minimum absolute atomic E-state index is 0. The third-order valence-corrected chi connectivity index (χ3v) is 4.76. The molecule has 0 radical (unpaired) electrons. The van der Waals surface area contributed by atoms with Gasteiger partial charge in [0.2, 0.25) is 5.91 Å². The standard InChI is InChI=1S/C20H24N4O3.2ClH/c1-27-14-20(9-11-21-12-10-20)19(26)23-16-7-8-17(22-13-16)24-18(25)15-5-3-2-4-6-15;;/h2-8,13,21H,9-12,14H2,1H3,(H,23,26)(H,22,24,25);2*1H. The first kappa shape index (κ1) is 24.8. The number of hydrogen-bond donors (Lipinski definition) is 3. The molecule has 158 valence electrons. The molecule has 0 saturated carbocycles. The largest absolute Gasteiger partial charge is 0.384 e. The summed E-state index contributed by atoms with van der Waals surface area (Å²) in [6.07, 6.45) is 3.00. The van der Waals surface area contributed by atoms with E-state index in [1.807, 2.05) is 6.07 Å². The van der Waals surface area contributed by atoms with E-state index < -0.39 is 5.41 Å². The van der Waals surface area contributed by atoms with Crippen LogP contribution in [0.5, 0.6) is 0 Å². The molecule has 2 aromatic rings. The minimum atomic E-state index is -0.528. The fourth-order valence-corrected chi connectivity index (χ4v) is 3.20. The first-order valence-electron chi connectivity index (χ1n) is 8.96. The number of nitrogens with zero attached hydrogens (tertiary/aromatic N) is 1. The Bertz CT molecular complexity index is 777. The maximum Gasteiger partial charge on any atom is 0.256 e. The van der Waals surface area contributed by atoms with Crippen LogP contribution in [0.2, 0.25) is 0 Å². The Morgan fingerprint density at radius 1 is 1.07 bits per heavy atom. The zero-order valence-corrected chi connectivity index (χ0v) is 17.8. The van der Waals surface area contributed by atoms with Crippen molar-refractivity contribution in [2.24, 2.45) is 5.41 Å². The Hall–Kier alpha value is -2.19. The molecule has 1 aromatic heterocycles. The molecule has 1 aromatic carbocycles. The normalized spacial score (nSPS) is 14.7. The summed E-state index contributed by atoms with van der Waals surface area (Å²) < 4.78 is 5.30. The van der Waals surface area contributed by atoms with Gasteiger partial charge in [0.1, 0.15) is 5.82 Å². The summed E-state index contributed by atoms with van der Waals surface area (Å²) in [5.41, 5.74) is 0.621. The molecule has 1 aliphatic heterocycles. The van der Waals surface area contributed by atoms with Gasteiger partial charge >= 0.3 is 0 Å². The summed E-state index contributed by atoms with van der Waals surface area (Å²) in [7, 11) is 1.61. The van der Waals surface area contributed by atoms with E-state index in [-0.39, 0.29) is 36.6 Å². The van der Waals surface area contributed by atoms with Crippen LogP contribution in [0, 0.1) is 5.41 Å². The van der Waals surface area contributed by atoms with Gasteiger partial charge in [-0.3, -0.25) is 9.59 Å². The number of pyridine rings is 1. The van der Waals surface area contributed by atoms with Gasteiger partial charge in [0.15, 0.2) is 0 Å². The molecular formula is C20H26Cl2N4O3. The highest BCUT2D eigenvalue weighted by Gasteiger charge is 2.39. The highest BCUT2D eigenvalue weighted by atomic mass is 35.5. The Morgan fingerprint density at radius 3 is 2.34 bits per heavy atom. The van der Waals surface area contributed by atoms with Gasteiger partial charge < -0.3 is 20.7 Å². The fraction of sp³-hybridized carbons (Fsp3) is 0.350. The smallest absolute Gasteiger partial charge is 0.256 e. The summed E-state index contributed by atoms with van der Waals surface area (Å²) in [6, 6.07) is 12.3. The van der Waals surface area contributed by atoms with Crippen molar-refractivity contribution in [1.82, 2.24) is 10.3 Å². The zero-order valence-electron chi connectivity index (χ0n) is 16.1. The number of benzene rings is 1. The number of carbonyl (C=O) groups is 2. The van der Waals surface area contributed by atoms with Gasteiger partial charge in [-0.2, -0.15) is 0 Å². The monoisotopic (exact) mass is 440 g/mol. The average Bonchev–Trinajstić information content (AvgIpc) is 2.71. The first-order chi connectivity index (χ1) is 13.1. The van der Waals surface area contributed by atoms with Crippen LogP contribution >= 0.6 is 24.8 Å². The van der Waals surface area contributed by atoms with E-state index in [4.69, 9.17) is 4.74 Å². The van der Waals surface area contributed by atoms with Crippen LogP contribution in [0.3, 0.4) is 0 Å². The Morgan fingerprint density at radius 2 is 1.76 bits per heavy atom. The summed E-state index contributed by atoms with van der Waals surface area (Å²) >= 11 is 0. The van der Waals surface area contributed by atoms with E-state index in [1.54, 1.807) is 49.7 Å². The maximum atomic E-state index is 12.8. The number of amides is 2. The van der Waals surface area contributed by atoms with E-state index in [0.717, 1.165) is 25.9 Å². The van der Waals surface area contributed by atoms with Crippen LogP contribution in [-0.4, -0.2) is 43.6 Å². The average molecular weight is 441 g/mol. The second-order valence-corrected chi connectivity index (χ2v) is 6.67. The van der Waals surface area contributed by atoms with Crippen molar-refractivity contribution < 1.29 is 14.3 Å². The summed E-state index contributed by atoms with van der Waals surface area (Å²) in [5, 5.41) is 8.93. The van der Waals surface area contributed by atoms with Gasteiger partial charge in [-0.15, -0.1) is 24.8 Å². The van der Waals surface area contributed by atoms with Gasteiger partial charge in [-0.1, -0.05) is 18.2 Å². The van der Waals surface area contributed by atoms with Crippen molar-refractivity contribution in [1.29, 1.82) is 0 Å². The number of carbonyl (C=O) groups excluding carboxylic acids is 2. The lowest BCUT2D eigenvalue weighted by Gasteiger charge is -2.35. The lowest BCUT2D eigenvalue weighted by Crippen LogP contribution is -2.47. The molecule has 7 nitrogen and oxygen atoms in total. The number of nitrogens with one attached hydrogen (secondary N) is 3. The fourth-order valence-electron chi connectivity index (χ4n) is 3.20. The van der Waals surface area contributed by atoms with Crippen molar-refractivity contribution in [2.45, 2.75) is 12.8 Å². The predicted octanol–water partition coefficient (Wildman–Crippen LogP) is 3.13. The van der Waals surface area contributed by atoms with E-state index >= 15 is 0 Å². The number of halogens is 2. The third kappa shape index (κ3) is 6.40. The highest BCUT2D eigenvalue weighted by Crippen LogP contribution is 2.30. The molecule has 0 bridgehead atoms. The molecule has 0 spiro atoms. The maximum absolute atomic E-state index is 12.8. The van der Waals surface area contributed by atoms with Gasteiger partial charge in [0.05, 0.1) is 23.9 Å². The number of hydrogen-bond acceptors (Lipinski definition) is 5. The van der Waals surface area contributed by atoms with E-state index in [9.17, 15) is 9.59 Å². The first-order valence-corrected chi connectivity index (χ1v) is 8.96. The van der Waals surface area contributed by atoms with Gasteiger partial charge in [0.25, 0.3) is 5.91 Å². The van der Waals surface area contributed by atoms with Gasteiger partial charge in [0, 0.05) is 12.7 Å². The summed E-state index contributed by atoms with van der Waals surface area (Å²) in [5.74, 6) is 0.137. The predicted molar refractivity (Wildman–Crippen MR) is 118 cm³/mol. The van der Waals surface area contributed by atoms with Gasteiger partial charge in [-0.25, -0.2) is 4.98 Å². The van der Waals surface area contributed by atoms with Crippen molar-refractivity contribution in [3.63, 3.8) is 0 Å². The second-order valence-electron chi connectivity index (χ2n) is 6.67. The van der Waals surface area contributed by atoms with E-state index in [2.05, 4.69) is 20.9 Å². The second kappa shape index (κ2) is 11.7. The van der Waals surface area contributed by atoms with Crippen molar-refractivity contribution >= 4 is 48.1 Å². The van der Waals surface area contributed by atoms with Crippen LogP contribution in [0.15, 0.2) is 48.7 Å². The SMILES string of the molecule is COCC1(C(=O)Nc2ccc(NC(=O)c3ccccc3)nc2)CCNCC1.Cl.Cl. The Kier molecular flexibility index (Phi) is 10.0. The number of anilines is 2. The van der Waals surface area contributed by atoms with Crippen LogP contribution in [0.1, 0.15) is 23.2 Å². The quantitative estimate of drug-likeness (QED) is 0.641. The summed E-state index contributed by atoms with van der Waals surface area (Å²) in [4.78, 5) is 29.2. The number of piperidine rings is 1. The van der Waals surface area contributed by atoms with Crippen LogP contribution in [-0.2, 0) is 9.53 Å². The topological polar surface area (TPSA) is 92.4 Å². The van der Waals surface area contributed by atoms with Gasteiger partial charge in [-0.05, 0) is 50.2 Å². The Labute approximate surface area is 182 Å². The zero-order chi connectivity index (χ0) is 19.1. The van der Waals surface area contributed by atoms with Crippen LogP contribution < -0.4 is 16.0 Å². The molecule has 9 heteroatoms. The molecule has 3 N–H and O–H groups in total. The molecule has 0 unspecified atom stereocenters. The van der Waals surface area contributed by atoms with Crippen LogP contribution in [0.4, 0.5) is 11.5 Å². The van der Waals surface area contributed by atoms with Crippen molar-refractivity contribution in [2.75, 3.05) is 37.4 Å². The molecule has 3 rings (SSSR count). The molecule has 1 fully saturated rings. The van der Waals surface area contributed by atoms with E-state index in [1.165, 1.54) is 0 Å². The minimum Gasteiger partial charge on any atom is -0.384 e. The lowest BCUT2D eigenvalue weighted by atomic mass is 9.78. The molecule has 2 heterocycles. The highest BCUT2D eigenvalue weighted by molar-refractivity contribution is 6.03. The molecule has 0 aliphatic carbocycles. The number of methoxy groups -OCH3 is 1. The molecule has 0 atom stereocenters. The van der Waals surface area contributed by atoms with E-state index in [0.29, 0.717) is 23.7 Å². The van der Waals surface area contributed by atoms with Crippen molar-refractivity contribution in [3.05, 3.63) is 54.2 Å². The molecule has 2 amide bonds. The molecule has 1 saturated heterocycles. The molecular weight excluding hydrogens is 415 g/mol.